The van der Waals surface area contributed by atoms with Crippen molar-refractivity contribution in [2.75, 3.05) is 7.11 Å². The summed E-state index contributed by atoms with van der Waals surface area (Å²) >= 11 is 0. The summed E-state index contributed by atoms with van der Waals surface area (Å²) in [6.45, 7) is 0. The minimum atomic E-state index is -0.212. The topological polar surface area (TPSA) is 48.1 Å². The van der Waals surface area contributed by atoms with E-state index in [4.69, 9.17) is 10.5 Å². The van der Waals surface area contributed by atoms with Crippen molar-refractivity contribution < 1.29 is 4.74 Å². The first kappa shape index (κ1) is 13.5. The normalized spacial score (nSPS) is 11.4. The van der Waals surface area contributed by atoms with Crippen LogP contribution >= 0.6 is 12.4 Å². The average Bonchev–Trinajstić information content (AvgIpc) is 2.39. The zero-order chi connectivity index (χ0) is 11.4. The van der Waals surface area contributed by atoms with Crippen LogP contribution in [0.15, 0.2) is 48.5 Å². The second-order valence-electron chi connectivity index (χ2n) is 3.49. The van der Waals surface area contributed by atoms with Gasteiger partial charge in [0.1, 0.15) is 0 Å². The van der Waals surface area contributed by atoms with Crippen LogP contribution in [0.25, 0.3) is 0 Å². The maximum Gasteiger partial charge on any atom is 0.213 e. The molecule has 90 valence electrons. The molecule has 0 aliphatic rings. The van der Waals surface area contributed by atoms with Gasteiger partial charge in [-0.15, -0.1) is 12.4 Å². The molecular formula is C13H15ClN2O. The van der Waals surface area contributed by atoms with E-state index in [-0.39, 0.29) is 18.4 Å². The molecule has 1 heterocycles. The first-order valence-corrected chi connectivity index (χ1v) is 5.12. The van der Waals surface area contributed by atoms with Gasteiger partial charge in [0.05, 0.1) is 18.8 Å². The van der Waals surface area contributed by atoms with Gasteiger partial charge in [-0.25, -0.2) is 4.98 Å². The molecule has 1 aromatic heterocycles. The number of pyridine rings is 1. The zero-order valence-corrected chi connectivity index (χ0v) is 10.4. The van der Waals surface area contributed by atoms with Crippen LogP contribution in [0.4, 0.5) is 0 Å². The maximum atomic E-state index is 6.12. The molecule has 1 aromatic carbocycles. The minimum Gasteiger partial charge on any atom is -0.481 e. The van der Waals surface area contributed by atoms with Gasteiger partial charge in [-0.05, 0) is 11.6 Å². The second kappa shape index (κ2) is 6.23. The summed E-state index contributed by atoms with van der Waals surface area (Å²) in [5.74, 6) is 0.587. The summed E-state index contributed by atoms with van der Waals surface area (Å²) in [5, 5.41) is 0. The van der Waals surface area contributed by atoms with E-state index < -0.39 is 0 Å². The molecule has 0 unspecified atom stereocenters. The fourth-order valence-electron chi connectivity index (χ4n) is 1.55. The second-order valence-corrected chi connectivity index (χ2v) is 3.49. The highest BCUT2D eigenvalue weighted by Gasteiger charge is 2.10. The van der Waals surface area contributed by atoms with Gasteiger partial charge in [-0.1, -0.05) is 36.4 Å². The van der Waals surface area contributed by atoms with E-state index in [1.165, 1.54) is 0 Å². The van der Waals surface area contributed by atoms with Crippen LogP contribution in [-0.2, 0) is 0 Å². The summed E-state index contributed by atoms with van der Waals surface area (Å²) in [4.78, 5) is 4.32. The van der Waals surface area contributed by atoms with Crippen LogP contribution in [0.3, 0.4) is 0 Å². The van der Waals surface area contributed by atoms with Crippen LogP contribution in [0.5, 0.6) is 5.88 Å². The standard InChI is InChI=1S/C13H14N2O.ClH/c1-16-12-9-5-8-11(15-12)13(14)10-6-3-2-4-7-10;/h2-9,13H,14H2,1H3;1H/t13-;/m0./s1. The highest BCUT2D eigenvalue weighted by molar-refractivity contribution is 5.85. The molecule has 0 amide bonds. The van der Waals surface area contributed by atoms with Crippen molar-refractivity contribution in [1.82, 2.24) is 4.98 Å². The molecule has 2 N–H and O–H groups in total. The first-order valence-electron chi connectivity index (χ1n) is 5.12. The van der Waals surface area contributed by atoms with Gasteiger partial charge in [0.25, 0.3) is 0 Å². The van der Waals surface area contributed by atoms with Crippen molar-refractivity contribution >= 4 is 12.4 Å². The Labute approximate surface area is 107 Å². The van der Waals surface area contributed by atoms with Gasteiger partial charge in [0.2, 0.25) is 5.88 Å². The average molecular weight is 251 g/mol. The van der Waals surface area contributed by atoms with E-state index >= 15 is 0 Å². The predicted octanol–water partition coefficient (Wildman–Crippen LogP) is 2.56. The Kier molecular flexibility index (Phi) is 4.94. The molecule has 0 bridgehead atoms. The minimum absolute atomic E-state index is 0. The number of nitrogens with two attached hydrogens (primary N) is 1. The monoisotopic (exact) mass is 250 g/mol. The number of hydrogen-bond acceptors (Lipinski definition) is 3. The Morgan fingerprint density at radius 3 is 2.41 bits per heavy atom. The zero-order valence-electron chi connectivity index (χ0n) is 9.54. The maximum absolute atomic E-state index is 6.12. The Morgan fingerprint density at radius 2 is 1.76 bits per heavy atom. The highest BCUT2D eigenvalue weighted by Crippen LogP contribution is 2.19. The van der Waals surface area contributed by atoms with E-state index in [2.05, 4.69) is 4.98 Å². The third-order valence-corrected chi connectivity index (χ3v) is 2.43. The molecule has 3 nitrogen and oxygen atoms in total. The first-order chi connectivity index (χ1) is 7.81. The Morgan fingerprint density at radius 1 is 1.06 bits per heavy atom. The Balaban J connectivity index is 0.00000144. The van der Waals surface area contributed by atoms with Gasteiger partial charge in [-0.2, -0.15) is 0 Å². The van der Waals surface area contributed by atoms with Gasteiger partial charge in [-0.3, -0.25) is 0 Å². The number of ether oxygens (including phenoxy) is 1. The van der Waals surface area contributed by atoms with E-state index in [0.717, 1.165) is 11.3 Å². The lowest BCUT2D eigenvalue weighted by molar-refractivity contribution is 0.395. The van der Waals surface area contributed by atoms with E-state index in [9.17, 15) is 0 Å². The van der Waals surface area contributed by atoms with Crippen molar-refractivity contribution in [1.29, 1.82) is 0 Å². The third kappa shape index (κ3) is 3.19. The summed E-state index contributed by atoms with van der Waals surface area (Å²) in [5.41, 5.74) is 7.98. The van der Waals surface area contributed by atoms with Crippen molar-refractivity contribution in [3.05, 3.63) is 59.8 Å². The van der Waals surface area contributed by atoms with Crippen LogP contribution in [0.1, 0.15) is 17.3 Å². The molecule has 2 aromatic rings. The van der Waals surface area contributed by atoms with E-state index in [1.807, 2.05) is 42.5 Å². The van der Waals surface area contributed by atoms with Gasteiger partial charge < -0.3 is 10.5 Å². The van der Waals surface area contributed by atoms with Crippen molar-refractivity contribution in [2.24, 2.45) is 5.73 Å². The number of benzene rings is 1. The van der Waals surface area contributed by atoms with Gasteiger partial charge in [0.15, 0.2) is 0 Å². The molecule has 0 saturated carbocycles. The molecule has 0 aliphatic heterocycles. The fourth-order valence-corrected chi connectivity index (χ4v) is 1.55. The lowest BCUT2D eigenvalue weighted by Gasteiger charge is -2.12. The molecule has 0 spiro atoms. The van der Waals surface area contributed by atoms with Gasteiger partial charge in [0, 0.05) is 6.07 Å². The van der Waals surface area contributed by atoms with Gasteiger partial charge >= 0.3 is 0 Å². The number of nitrogens with zero attached hydrogens (tertiary/aromatic N) is 1. The molecule has 0 saturated heterocycles. The SMILES string of the molecule is COc1cccc([C@@H](N)c2ccccc2)n1.Cl. The van der Waals surface area contributed by atoms with E-state index in [1.54, 1.807) is 13.2 Å². The number of rotatable bonds is 3. The van der Waals surface area contributed by atoms with E-state index in [0.29, 0.717) is 5.88 Å². The van der Waals surface area contributed by atoms with Crippen LogP contribution in [0, 0.1) is 0 Å². The molecule has 0 radical (unpaired) electrons. The number of aromatic nitrogens is 1. The summed E-state index contributed by atoms with van der Waals surface area (Å²) in [6, 6.07) is 15.3. The molecular weight excluding hydrogens is 236 g/mol. The fraction of sp³-hybridized carbons (Fsp3) is 0.154. The third-order valence-electron chi connectivity index (χ3n) is 2.43. The van der Waals surface area contributed by atoms with Crippen LogP contribution < -0.4 is 10.5 Å². The Bertz CT molecular complexity index is 462. The molecule has 0 aliphatic carbocycles. The van der Waals surface area contributed by atoms with Crippen molar-refractivity contribution in [2.45, 2.75) is 6.04 Å². The summed E-state index contributed by atoms with van der Waals surface area (Å²) in [6.07, 6.45) is 0. The smallest absolute Gasteiger partial charge is 0.213 e. The molecule has 1 atom stereocenters. The van der Waals surface area contributed by atoms with Crippen LogP contribution in [0.2, 0.25) is 0 Å². The van der Waals surface area contributed by atoms with Crippen molar-refractivity contribution in [3.8, 4) is 5.88 Å². The summed E-state index contributed by atoms with van der Waals surface area (Å²) in [7, 11) is 1.60. The quantitative estimate of drug-likeness (QED) is 0.911. The Hall–Kier alpha value is -1.58. The number of halogens is 1. The lowest BCUT2D eigenvalue weighted by Crippen LogP contribution is -2.13. The lowest BCUT2D eigenvalue weighted by atomic mass is 10.0. The molecule has 17 heavy (non-hydrogen) atoms. The molecule has 0 fully saturated rings. The molecule has 4 heteroatoms. The highest BCUT2D eigenvalue weighted by atomic mass is 35.5. The van der Waals surface area contributed by atoms with Crippen LogP contribution in [-0.4, -0.2) is 12.1 Å². The number of methoxy groups -OCH3 is 1. The predicted molar refractivity (Wildman–Crippen MR) is 70.5 cm³/mol. The largest absolute Gasteiger partial charge is 0.481 e. The molecule has 2 rings (SSSR count). The summed E-state index contributed by atoms with van der Waals surface area (Å²) < 4.78 is 5.07. The number of hydrogen-bond donors (Lipinski definition) is 1. The van der Waals surface area contributed by atoms with Crippen molar-refractivity contribution in [3.63, 3.8) is 0 Å².